The lowest BCUT2D eigenvalue weighted by molar-refractivity contribution is 0.487. The van der Waals surface area contributed by atoms with Crippen molar-refractivity contribution in [3.8, 4) is 12.3 Å². The maximum absolute atomic E-state index is 6.35. The summed E-state index contributed by atoms with van der Waals surface area (Å²) in [4.78, 5) is 0. The standard InChI is InChI=1S/C15H19BrClN/c1-3-5-6-10-14(18-11-4-2)12-8-7-9-13(16)15(12)17/h1,7-9,14,18H,4-6,10-11H2,2H3. The first-order valence-electron chi connectivity index (χ1n) is 6.31. The van der Waals surface area contributed by atoms with E-state index in [4.69, 9.17) is 18.0 Å². The van der Waals surface area contributed by atoms with E-state index < -0.39 is 0 Å². The van der Waals surface area contributed by atoms with Crippen molar-refractivity contribution in [3.05, 3.63) is 33.3 Å². The first-order valence-corrected chi connectivity index (χ1v) is 7.48. The fraction of sp³-hybridized carbons (Fsp3) is 0.467. The van der Waals surface area contributed by atoms with Gasteiger partial charge in [0.15, 0.2) is 0 Å². The zero-order valence-electron chi connectivity index (χ0n) is 10.7. The van der Waals surface area contributed by atoms with Crippen molar-refractivity contribution in [2.45, 2.75) is 38.6 Å². The molecule has 18 heavy (non-hydrogen) atoms. The van der Waals surface area contributed by atoms with Crippen LogP contribution in [0.1, 0.15) is 44.2 Å². The smallest absolute Gasteiger partial charge is 0.0595 e. The average molecular weight is 329 g/mol. The van der Waals surface area contributed by atoms with Gasteiger partial charge in [-0.2, -0.15) is 0 Å². The van der Waals surface area contributed by atoms with E-state index in [1.54, 1.807) is 0 Å². The molecule has 0 aliphatic rings. The Morgan fingerprint density at radius 3 is 2.94 bits per heavy atom. The number of unbranched alkanes of at least 4 members (excludes halogenated alkanes) is 1. The van der Waals surface area contributed by atoms with Gasteiger partial charge in [0.25, 0.3) is 0 Å². The van der Waals surface area contributed by atoms with Gasteiger partial charge in [-0.25, -0.2) is 0 Å². The summed E-state index contributed by atoms with van der Waals surface area (Å²) in [5, 5.41) is 4.34. The van der Waals surface area contributed by atoms with Crippen LogP contribution in [0, 0.1) is 12.3 Å². The number of hydrogen-bond acceptors (Lipinski definition) is 1. The predicted molar refractivity (Wildman–Crippen MR) is 82.9 cm³/mol. The molecule has 0 aliphatic heterocycles. The third-order valence-corrected chi connectivity index (χ3v) is 4.12. The minimum atomic E-state index is 0.281. The highest BCUT2D eigenvalue weighted by molar-refractivity contribution is 9.10. The van der Waals surface area contributed by atoms with Crippen LogP contribution in [-0.4, -0.2) is 6.54 Å². The van der Waals surface area contributed by atoms with Crippen LogP contribution in [0.5, 0.6) is 0 Å². The number of hydrogen-bond donors (Lipinski definition) is 1. The molecule has 0 aliphatic carbocycles. The molecule has 1 N–H and O–H groups in total. The van der Waals surface area contributed by atoms with E-state index in [1.165, 1.54) is 0 Å². The Bertz CT molecular complexity index is 411. The Balaban J connectivity index is 2.80. The minimum absolute atomic E-state index is 0.281. The summed E-state index contributed by atoms with van der Waals surface area (Å²) in [6.07, 6.45) is 9.26. The lowest BCUT2D eigenvalue weighted by Gasteiger charge is -2.20. The van der Waals surface area contributed by atoms with Crippen molar-refractivity contribution >= 4 is 27.5 Å². The number of benzene rings is 1. The van der Waals surface area contributed by atoms with Crippen molar-refractivity contribution in [3.63, 3.8) is 0 Å². The topological polar surface area (TPSA) is 12.0 Å². The third kappa shape index (κ3) is 4.65. The van der Waals surface area contributed by atoms with Gasteiger partial charge in [-0.1, -0.05) is 30.7 Å². The molecule has 0 heterocycles. The maximum Gasteiger partial charge on any atom is 0.0595 e. The van der Waals surface area contributed by atoms with Gasteiger partial charge in [-0.05, 0) is 53.4 Å². The van der Waals surface area contributed by atoms with Crippen molar-refractivity contribution in [1.82, 2.24) is 5.32 Å². The monoisotopic (exact) mass is 327 g/mol. The molecule has 0 saturated heterocycles. The molecule has 1 aromatic rings. The first kappa shape index (κ1) is 15.6. The van der Waals surface area contributed by atoms with Gasteiger partial charge in [0.1, 0.15) is 0 Å². The number of halogens is 2. The second-order valence-corrected chi connectivity index (χ2v) is 5.48. The van der Waals surface area contributed by atoms with Crippen LogP contribution in [-0.2, 0) is 0 Å². The van der Waals surface area contributed by atoms with Crippen LogP contribution in [0.15, 0.2) is 22.7 Å². The summed E-state index contributed by atoms with van der Waals surface area (Å²) < 4.78 is 0.946. The molecule has 1 rings (SSSR count). The largest absolute Gasteiger partial charge is 0.310 e. The molecule has 1 atom stereocenters. The van der Waals surface area contributed by atoms with Gasteiger partial charge in [0.05, 0.1) is 5.02 Å². The molecule has 0 bridgehead atoms. The summed E-state index contributed by atoms with van der Waals surface area (Å²) in [6, 6.07) is 6.34. The Kier molecular flexibility index (Phi) is 7.42. The van der Waals surface area contributed by atoms with Gasteiger partial charge < -0.3 is 5.32 Å². The van der Waals surface area contributed by atoms with Gasteiger partial charge >= 0.3 is 0 Å². The molecule has 98 valence electrons. The minimum Gasteiger partial charge on any atom is -0.310 e. The highest BCUT2D eigenvalue weighted by atomic mass is 79.9. The molecule has 1 unspecified atom stereocenters. The van der Waals surface area contributed by atoms with Crippen LogP contribution in [0.4, 0.5) is 0 Å². The van der Waals surface area contributed by atoms with Crippen molar-refractivity contribution < 1.29 is 0 Å². The second kappa shape index (κ2) is 8.58. The molecular weight excluding hydrogens is 310 g/mol. The molecule has 0 aromatic heterocycles. The maximum atomic E-state index is 6.35. The van der Waals surface area contributed by atoms with Crippen molar-refractivity contribution in [1.29, 1.82) is 0 Å². The van der Waals surface area contributed by atoms with E-state index in [0.29, 0.717) is 0 Å². The van der Waals surface area contributed by atoms with Crippen LogP contribution in [0.2, 0.25) is 5.02 Å². The van der Waals surface area contributed by atoms with Gasteiger partial charge in [0.2, 0.25) is 0 Å². The Labute approximate surface area is 123 Å². The number of terminal acetylenes is 1. The third-order valence-electron chi connectivity index (χ3n) is 2.81. The van der Waals surface area contributed by atoms with Crippen LogP contribution in [0.25, 0.3) is 0 Å². The van der Waals surface area contributed by atoms with E-state index >= 15 is 0 Å². The average Bonchev–Trinajstić information content (AvgIpc) is 2.37. The predicted octanol–water partition coefficient (Wildman–Crippen LogP) is 4.95. The summed E-state index contributed by atoms with van der Waals surface area (Å²) in [6.45, 7) is 3.15. The molecular formula is C15H19BrClN. The Morgan fingerprint density at radius 2 is 2.28 bits per heavy atom. The summed E-state index contributed by atoms with van der Waals surface area (Å²) in [7, 11) is 0. The highest BCUT2D eigenvalue weighted by Gasteiger charge is 2.14. The molecule has 0 fully saturated rings. The zero-order valence-corrected chi connectivity index (χ0v) is 13.0. The molecule has 0 saturated carbocycles. The van der Waals surface area contributed by atoms with Crippen LogP contribution >= 0.6 is 27.5 Å². The van der Waals surface area contributed by atoms with Crippen molar-refractivity contribution in [2.24, 2.45) is 0 Å². The number of nitrogens with one attached hydrogen (secondary N) is 1. The van der Waals surface area contributed by atoms with Gasteiger partial charge in [-0.15, -0.1) is 12.3 Å². The van der Waals surface area contributed by atoms with E-state index in [0.717, 1.165) is 47.3 Å². The van der Waals surface area contributed by atoms with Gasteiger partial charge in [0, 0.05) is 16.9 Å². The van der Waals surface area contributed by atoms with Crippen molar-refractivity contribution in [2.75, 3.05) is 6.54 Å². The quantitative estimate of drug-likeness (QED) is 0.552. The molecule has 3 heteroatoms. The lowest BCUT2D eigenvalue weighted by Crippen LogP contribution is -2.22. The lowest BCUT2D eigenvalue weighted by atomic mass is 10.0. The highest BCUT2D eigenvalue weighted by Crippen LogP contribution is 2.32. The summed E-state index contributed by atoms with van der Waals surface area (Å²) in [5.74, 6) is 2.69. The summed E-state index contributed by atoms with van der Waals surface area (Å²) in [5.41, 5.74) is 1.15. The summed E-state index contributed by atoms with van der Waals surface area (Å²) >= 11 is 9.82. The molecule has 0 spiro atoms. The van der Waals surface area contributed by atoms with E-state index in [-0.39, 0.29) is 6.04 Å². The Morgan fingerprint density at radius 1 is 1.50 bits per heavy atom. The van der Waals surface area contributed by atoms with E-state index in [1.807, 2.05) is 12.1 Å². The van der Waals surface area contributed by atoms with E-state index in [2.05, 4.69) is 40.2 Å². The SMILES string of the molecule is C#CCCCC(NCCC)c1cccc(Br)c1Cl. The van der Waals surface area contributed by atoms with E-state index in [9.17, 15) is 0 Å². The molecule has 0 radical (unpaired) electrons. The second-order valence-electron chi connectivity index (χ2n) is 4.25. The normalized spacial score (nSPS) is 12.1. The molecule has 1 nitrogen and oxygen atoms in total. The molecule has 1 aromatic carbocycles. The van der Waals surface area contributed by atoms with Gasteiger partial charge in [-0.3, -0.25) is 0 Å². The zero-order chi connectivity index (χ0) is 13.4. The first-order chi connectivity index (χ1) is 8.70. The fourth-order valence-electron chi connectivity index (χ4n) is 1.88. The molecule has 0 amide bonds. The fourth-order valence-corrected chi connectivity index (χ4v) is 2.52. The van der Waals surface area contributed by atoms with Crippen LogP contribution in [0.3, 0.4) is 0 Å². The number of rotatable bonds is 7. The Hall–Kier alpha value is -0.490. The van der Waals surface area contributed by atoms with Crippen LogP contribution < -0.4 is 5.32 Å².